The van der Waals surface area contributed by atoms with Crippen molar-refractivity contribution < 1.29 is 23.8 Å². The predicted molar refractivity (Wildman–Crippen MR) is 116 cm³/mol. The number of amides is 2. The van der Waals surface area contributed by atoms with Gasteiger partial charge in [-0.2, -0.15) is 0 Å². The first-order valence-corrected chi connectivity index (χ1v) is 10.6. The zero-order valence-electron chi connectivity index (χ0n) is 18.5. The van der Waals surface area contributed by atoms with E-state index < -0.39 is 0 Å². The molecule has 1 fully saturated rings. The number of furan rings is 1. The van der Waals surface area contributed by atoms with Crippen LogP contribution in [0.25, 0.3) is 0 Å². The van der Waals surface area contributed by atoms with Crippen molar-refractivity contribution in [2.24, 2.45) is 0 Å². The first-order chi connectivity index (χ1) is 14.3. The summed E-state index contributed by atoms with van der Waals surface area (Å²) >= 11 is 0. The molecule has 0 aliphatic carbocycles. The van der Waals surface area contributed by atoms with Crippen molar-refractivity contribution in [3.05, 3.63) is 53.0 Å². The molecule has 1 aromatic carbocycles. The third-order valence-corrected chi connectivity index (χ3v) is 5.97. The van der Waals surface area contributed by atoms with Gasteiger partial charge in [0.25, 0.3) is 11.8 Å². The molecule has 2 aromatic rings. The molecule has 2 amide bonds. The summed E-state index contributed by atoms with van der Waals surface area (Å²) in [5.74, 6) is 1.83. The second-order valence-electron chi connectivity index (χ2n) is 8.41. The van der Waals surface area contributed by atoms with E-state index in [0.717, 1.165) is 49.0 Å². The van der Waals surface area contributed by atoms with E-state index in [1.165, 1.54) is 15.4 Å². The number of likely N-dealkylation sites (N-methyl/N-ethyl adjacent to an activating group) is 1. The highest BCUT2D eigenvalue weighted by Gasteiger charge is 2.27. The number of benzene rings is 1. The number of hydrogen-bond acceptors (Lipinski definition) is 3. The zero-order valence-corrected chi connectivity index (χ0v) is 18.5. The summed E-state index contributed by atoms with van der Waals surface area (Å²) in [5, 5.41) is 3.05. The van der Waals surface area contributed by atoms with Gasteiger partial charge in [0.1, 0.15) is 37.7 Å². The van der Waals surface area contributed by atoms with Crippen LogP contribution in [0.4, 0.5) is 5.69 Å². The summed E-state index contributed by atoms with van der Waals surface area (Å²) in [5.41, 5.74) is 3.18. The van der Waals surface area contributed by atoms with Crippen LogP contribution >= 0.6 is 0 Å². The summed E-state index contributed by atoms with van der Waals surface area (Å²) in [7, 11) is 1.82. The molecule has 0 atom stereocenters. The first kappa shape index (κ1) is 22.1. The van der Waals surface area contributed by atoms with Gasteiger partial charge in [0.15, 0.2) is 13.1 Å². The highest BCUT2D eigenvalue weighted by Crippen LogP contribution is 2.17. The molecule has 0 bridgehead atoms. The molecule has 7 nitrogen and oxygen atoms in total. The van der Waals surface area contributed by atoms with Gasteiger partial charge in [-0.25, -0.2) is 0 Å². The largest absolute Gasteiger partial charge is 0.464 e. The Bertz CT molecular complexity index is 884. The van der Waals surface area contributed by atoms with Gasteiger partial charge in [-0.05, 0) is 50.1 Å². The topological polar surface area (TPSA) is 71.4 Å². The smallest absolute Gasteiger partial charge is 0.279 e. The Balaban J connectivity index is 1.40. The van der Waals surface area contributed by atoms with E-state index in [0.29, 0.717) is 19.6 Å². The Hall–Kier alpha value is -2.64. The van der Waals surface area contributed by atoms with Crippen LogP contribution < -0.4 is 15.1 Å². The zero-order chi connectivity index (χ0) is 21.7. The minimum absolute atomic E-state index is 0.0479. The molecule has 7 heteroatoms. The number of quaternary nitrogens is 2. The van der Waals surface area contributed by atoms with Crippen molar-refractivity contribution >= 4 is 17.5 Å². The summed E-state index contributed by atoms with van der Waals surface area (Å²) < 4.78 is 5.56. The van der Waals surface area contributed by atoms with E-state index in [-0.39, 0.29) is 11.8 Å². The van der Waals surface area contributed by atoms with Crippen LogP contribution in [0.2, 0.25) is 0 Å². The number of anilines is 1. The number of hydrogen-bond donors (Lipinski definition) is 3. The van der Waals surface area contributed by atoms with E-state index in [1.54, 1.807) is 4.90 Å². The molecule has 0 spiro atoms. The Morgan fingerprint density at radius 1 is 1.00 bits per heavy atom. The molecule has 0 radical (unpaired) electrons. The van der Waals surface area contributed by atoms with Gasteiger partial charge < -0.3 is 24.4 Å². The maximum absolute atomic E-state index is 12.5. The number of piperazine rings is 1. The standard InChI is InChI=1S/C23H32N4O3/c1-17-6-5-7-21(19(17)3)24-22(28)15-26-10-12-27(13-11-26)16-23(29)25(4)14-20-9-8-18(2)30-20/h5-9H,10-16H2,1-4H3,(H,24,28)/p+2. The van der Waals surface area contributed by atoms with Crippen molar-refractivity contribution in [2.45, 2.75) is 27.3 Å². The van der Waals surface area contributed by atoms with Crippen LogP contribution in [0, 0.1) is 20.8 Å². The van der Waals surface area contributed by atoms with Crippen LogP contribution in [-0.4, -0.2) is 63.0 Å². The molecule has 1 saturated heterocycles. The third-order valence-electron chi connectivity index (χ3n) is 5.97. The lowest BCUT2D eigenvalue weighted by Crippen LogP contribution is -3.28. The maximum atomic E-state index is 12.5. The molecule has 2 heterocycles. The molecule has 162 valence electrons. The molecule has 1 aromatic heterocycles. The lowest BCUT2D eigenvalue weighted by Gasteiger charge is -2.30. The van der Waals surface area contributed by atoms with Gasteiger partial charge in [-0.1, -0.05) is 12.1 Å². The first-order valence-electron chi connectivity index (χ1n) is 10.6. The number of nitrogens with zero attached hydrogens (tertiary/aromatic N) is 1. The SMILES string of the molecule is Cc1ccc(CN(C)C(=O)C[NH+]2CC[NH+](CC(=O)Nc3cccc(C)c3C)CC2)o1. The van der Waals surface area contributed by atoms with Gasteiger partial charge in [0.2, 0.25) is 0 Å². The van der Waals surface area contributed by atoms with Crippen molar-refractivity contribution in [2.75, 3.05) is 51.6 Å². The van der Waals surface area contributed by atoms with Crippen LogP contribution in [0.5, 0.6) is 0 Å². The predicted octanol–water partition coefficient (Wildman–Crippen LogP) is -0.415. The second-order valence-corrected chi connectivity index (χ2v) is 8.41. The van der Waals surface area contributed by atoms with Crippen molar-refractivity contribution in [3.63, 3.8) is 0 Å². The lowest BCUT2D eigenvalue weighted by molar-refractivity contribution is -1.00. The maximum Gasteiger partial charge on any atom is 0.279 e. The van der Waals surface area contributed by atoms with E-state index in [2.05, 4.69) is 5.32 Å². The fourth-order valence-corrected chi connectivity index (χ4v) is 3.86. The van der Waals surface area contributed by atoms with E-state index >= 15 is 0 Å². The Morgan fingerprint density at radius 3 is 2.30 bits per heavy atom. The van der Waals surface area contributed by atoms with E-state index in [9.17, 15) is 9.59 Å². The molecule has 0 saturated carbocycles. The van der Waals surface area contributed by atoms with Gasteiger partial charge in [0, 0.05) is 12.7 Å². The minimum Gasteiger partial charge on any atom is -0.464 e. The molecule has 1 aliphatic heterocycles. The highest BCUT2D eigenvalue weighted by atomic mass is 16.3. The van der Waals surface area contributed by atoms with Crippen LogP contribution in [0.3, 0.4) is 0 Å². The van der Waals surface area contributed by atoms with Gasteiger partial charge in [-0.3, -0.25) is 9.59 Å². The highest BCUT2D eigenvalue weighted by molar-refractivity contribution is 5.92. The van der Waals surface area contributed by atoms with Gasteiger partial charge in [-0.15, -0.1) is 0 Å². The van der Waals surface area contributed by atoms with Crippen LogP contribution in [0.15, 0.2) is 34.7 Å². The molecular formula is C23H34N4O3+2. The molecule has 3 N–H and O–H groups in total. The average molecular weight is 415 g/mol. The molecule has 0 unspecified atom stereocenters. The van der Waals surface area contributed by atoms with Crippen molar-refractivity contribution in [1.82, 2.24) is 4.90 Å². The summed E-state index contributed by atoms with van der Waals surface area (Å²) in [6, 6.07) is 9.79. The Labute approximate surface area is 178 Å². The third kappa shape index (κ3) is 5.93. The molecule has 3 rings (SSSR count). The Kier molecular flexibility index (Phi) is 7.29. The minimum atomic E-state index is 0.0479. The number of aryl methyl sites for hydroxylation is 2. The normalized spacial score (nSPS) is 18.8. The number of nitrogens with one attached hydrogen (secondary N) is 3. The van der Waals surface area contributed by atoms with Crippen LogP contribution in [-0.2, 0) is 16.1 Å². The van der Waals surface area contributed by atoms with Gasteiger partial charge >= 0.3 is 0 Å². The van der Waals surface area contributed by atoms with Crippen molar-refractivity contribution in [1.29, 1.82) is 0 Å². The summed E-state index contributed by atoms with van der Waals surface area (Å²) in [4.78, 5) is 29.3. The fourth-order valence-electron chi connectivity index (χ4n) is 3.86. The Morgan fingerprint density at radius 2 is 1.67 bits per heavy atom. The average Bonchev–Trinajstić information content (AvgIpc) is 3.11. The van der Waals surface area contributed by atoms with E-state index in [1.807, 2.05) is 58.2 Å². The van der Waals surface area contributed by atoms with Gasteiger partial charge in [0.05, 0.1) is 6.54 Å². The number of rotatable bonds is 7. The van der Waals surface area contributed by atoms with E-state index in [4.69, 9.17) is 4.42 Å². The monoisotopic (exact) mass is 414 g/mol. The summed E-state index contributed by atoms with van der Waals surface area (Å²) in [6.07, 6.45) is 0. The van der Waals surface area contributed by atoms with Crippen molar-refractivity contribution in [3.8, 4) is 0 Å². The number of carbonyl (C=O) groups excluding carboxylic acids is 2. The summed E-state index contributed by atoms with van der Waals surface area (Å²) in [6.45, 7) is 11.0. The fraction of sp³-hybridized carbons (Fsp3) is 0.478. The molecule has 30 heavy (non-hydrogen) atoms. The molecule has 1 aliphatic rings. The quantitative estimate of drug-likeness (QED) is 0.577. The molecular weight excluding hydrogens is 380 g/mol. The number of carbonyl (C=O) groups is 2. The second kappa shape index (κ2) is 9.91. The lowest BCUT2D eigenvalue weighted by atomic mass is 10.1. The van der Waals surface area contributed by atoms with Crippen LogP contribution in [0.1, 0.15) is 22.6 Å².